The summed E-state index contributed by atoms with van der Waals surface area (Å²) in [6, 6.07) is 4.20. The molecule has 3 fully saturated rings. The molecular formula is C24H32N4O4. The molecule has 1 aromatic carbocycles. The molecule has 0 spiro atoms. The van der Waals surface area contributed by atoms with Gasteiger partial charge >= 0.3 is 0 Å². The summed E-state index contributed by atoms with van der Waals surface area (Å²) in [4.78, 5) is 23.6. The molecule has 1 N–H and O–H groups in total. The Hall–Kier alpha value is -2.45. The van der Waals surface area contributed by atoms with Gasteiger partial charge in [-0.2, -0.15) is 0 Å². The number of anilines is 1. The van der Waals surface area contributed by atoms with Crippen molar-refractivity contribution < 1.29 is 19.0 Å². The fourth-order valence-corrected chi connectivity index (χ4v) is 4.89. The molecule has 172 valence electrons. The third kappa shape index (κ3) is 4.96. The first-order valence-corrected chi connectivity index (χ1v) is 11.9. The molecule has 3 heterocycles. The Labute approximate surface area is 188 Å². The van der Waals surface area contributed by atoms with Crippen LogP contribution in [0.4, 0.5) is 5.69 Å². The van der Waals surface area contributed by atoms with Crippen molar-refractivity contribution in [1.29, 1.82) is 0 Å². The molecule has 1 aliphatic carbocycles. The van der Waals surface area contributed by atoms with Crippen molar-refractivity contribution in [3.05, 3.63) is 24.5 Å². The standard InChI is InChI=1S/C24H32N4O4/c29-24(18-5-10-31-16-18)27-15-17-1-3-20(4-2-17)32-22-14-19(28-8-11-30-12-9-28)13-21-23(22)26-7-6-25-21/h6-7,13-14,17-18,20H,1-5,8-12,15-16H2,(H,27,29)/t17-,18?,20+. The fraction of sp³-hybridized carbons (Fsp3) is 0.625. The molecular weight excluding hydrogens is 408 g/mol. The van der Waals surface area contributed by atoms with Gasteiger partial charge in [-0.25, -0.2) is 4.98 Å². The molecule has 8 heteroatoms. The molecule has 2 aliphatic heterocycles. The molecule has 32 heavy (non-hydrogen) atoms. The van der Waals surface area contributed by atoms with E-state index in [9.17, 15) is 4.79 Å². The van der Waals surface area contributed by atoms with E-state index in [1.54, 1.807) is 12.4 Å². The summed E-state index contributed by atoms with van der Waals surface area (Å²) in [5, 5.41) is 3.13. The van der Waals surface area contributed by atoms with Crippen LogP contribution in [-0.2, 0) is 14.3 Å². The fourth-order valence-electron chi connectivity index (χ4n) is 4.89. The molecule has 1 saturated carbocycles. The average molecular weight is 441 g/mol. The first kappa shape index (κ1) is 21.4. The Balaban J connectivity index is 1.20. The number of amides is 1. The van der Waals surface area contributed by atoms with Crippen molar-refractivity contribution in [2.45, 2.75) is 38.2 Å². The van der Waals surface area contributed by atoms with Crippen LogP contribution in [0.5, 0.6) is 5.75 Å². The second-order valence-corrected chi connectivity index (χ2v) is 9.03. The van der Waals surface area contributed by atoms with Crippen molar-refractivity contribution in [3.63, 3.8) is 0 Å². The van der Waals surface area contributed by atoms with Crippen LogP contribution in [-0.4, -0.2) is 68.0 Å². The number of carbonyl (C=O) groups is 1. The highest BCUT2D eigenvalue weighted by molar-refractivity contribution is 5.85. The van der Waals surface area contributed by atoms with Crippen LogP contribution < -0.4 is 15.0 Å². The van der Waals surface area contributed by atoms with Crippen LogP contribution in [0.2, 0.25) is 0 Å². The number of ether oxygens (including phenoxy) is 3. The Morgan fingerprint density at radius 2 is 1.84 bits per heavy atom. The number of nitrogens with one attached hydrogen (secondary N) is 1. The Morgan fingerprint density at radius 1 is 1.03 bits per heavy atom. The Bertz CT molecular complexity index is 919. The molecule has 0 bridgehead atoms. The third-order valence-corrected chi connectivity index (χ3v) is 6.85. The van der Waals surface area contributed by atoms with Gasteiger partial charge in [-0.1, -0.05) is 0 Å². The highest BCUT2D eigenvalue weighted by Gasteiger charge is 2.27. The van der Waals surface area contributed by atoms with E-state index in [1.807, 2.05) is 0 Å². The lowest BCUT2D eigenvalue weighted by atomic mass is 9.87. The SMILES string of the molecule is O=C(NC[C@H]1CC[C@@H](Oc2cc(N3CCOCC3)cc3nccnc23)CC1)C1CCOC1. The van der Waals surface area contributed by atoms with E-state index in [1.165, 1.54) is 0 Å². The lowest BCUT2D eigenvalue weighted by molar-refractivity contribution is -0.125. The zero-order valence-electron chi connectivity index (χ0n) is 18.5. The van der Waals surface area contributed by atoms with Crippen LogP contribution in [0.3, 0.4) is 0 Å². The summed E-state index contributed by atoms with van der Waals surface area (Å²) in [6.45, 7) is 5.23. The third-order valence-electron chi connectivity index (χ3n) is 6.85. The van der Waals surface area contributed by atoms with Crippen molar-refractivity contribution in [2.24, 2.45) is 11.8 Å². The van der Waals surface area contributed by atoms with Crippen molar-refractivity contribution in [1.82, 2.24) is 15.3 Å². The van der Waals surface area contributed by atoms with Crippen molar-refractivity contribution in [2.75, 3.05) is 51.0 Å². The molecule has 2 aromatic rings. The number of fused-ring (bicyclic) bond motifs is 1. The summed E-state index contributed by atoms with van der Waals surface area (Å²) in [5.74, 6) is 1.50. The van der Waals surface area contributed by atoms with Gasteiger partial charge in [0.1, 0.15) is 11.3 Å². The van der Waals surface area contributed by atoms with Gasteiger partial charge in [-0.3, -0.25) is 9.78 Å². The van der Waals surface area contributed by atoms with Gasteiger partial charge in [0.05, 0.1) is 37.4 Å². The van der Waals surface area contributed by atoms with Gasteiger partial charge < -0.3 is 24.4 Å². The lowest BCUT2D eigenvalue weighted by Crippen LogP contribution is -2.37. The number of benzene rings is 1. The zero-order chi connectivity index (χ0) is 21.8. The smallest absolute Gasteiger partial charge is 0.225 e. The minimum atomic E-state index is 0.0304. The van der Waals surface area contributed by atoms with Crippen LogP contribution in [0.1, 0.15) is 32.1 Å². The van der Waals surface area contributed by atoms with Gasteiger partial charge in [-0.15, -0.1) is 0 Å². The summed E-state index contributed by atoms with van der Waals surface area (Å²) in [6.07, 6.45) is 8.53. The maximum Gasteiger partial charge on any atom is 0.225 e. The topological polar surface area (TPSA) is 85.8 Å². The second kappa shape index (κ2) is 10.0. The predicted octanol–water partition coefficient (Wildman–Crippen LogP) is 2.56. The second-order valence-electron chi connectivity index (χ2n) is 9.03. The molecule has 0 radical (unpaired) electrons. The zero-order valence-corrected chi connectivity index (χ0v) is 18.5. The Kier molecular flexibility index (Phi) is 6.69. The molecule has 1 aromatic heterocycles. The molecule has 3 aliphatic rings. The molecule has 1 unspecified atom stereocenters. The minimum Gasteiger partial charge on any atom is -0.488 e. The van der Waals surface area contributed by atoms with Crippen molar-refractivity contribution in [3.8, 4) is 5.75 Å². The lowest BCUT2D eigenvalue weighted by Gasteiger charge is -2.31. The normalized spacial score (nSPS) is 26.2. The minimum absolute atomic E-state index is 0.0304. The maximum atomic E-state index is 12.2. The Morgan fingerprint density at radius 3 is 2.62 bits per heavy atom. The van der Waals surface area contributed by atoms with E-state index in [0.29, 0.717) is 19.1 Å². The van der Waals surface area contributed by atoms with Gasteiger partial charge in [-0.05, 0) is 44.1 Å². The van der Waals surface area contributed by atoms with Gasteiger partial charge in [0.25, 0.3) is 0 Å². The first-order valence-electron chi connectivity index (χ1n) is 11.9. The first-order chi connectivity index (χ1) is 15.8. The van der Waals surface area contributed by atoms with E-state index in [4.69, 9.17) is 14.2 Å². The van der Waals surface area contributed by atoms with Gasteiger partial charge in [0.15, 0.2) is 0 Å². The largest absolute Gasteiger partial charge is 0.488 e. The summed E-state index contributed by atoms with van der Waals surface area (Å²) in [5.41, 5.74) is 2.79. The number of morpholine rings is 1. The molecule has 8 nitrogen and oxygen atoms in total. The van der Waals surface area contributed by atoms with E-state index in [-0.39, 0.29) is 17.9 Å². The number of aromatic nitrogens is 2. The van der Waals surface area contributed by atoms with Gasteiger partial charge in [0, 0.05) is 50.4 Å². The van der Waals surface area contributed by atoms with Crippen molar-refractivity contribution >= 4 is 22.6 Å². The van der Waals surface area contributed by atoms with E-state index < -0.39 is 0 Å². The summed E-state index contributed by atoms with van der Waals surface area (Å²) >= 11 is 0. The average Bonchev–Trinajstić information content (AvgIpc) is 3.39. The summed E-state index contributed by atoms with van der Waals surface area (Å²) in [7, 11) is 0. The molecule has 5 rings (SSSR count). The van der Waals surface area contributed by atoms with E-state index in [2.05, 4.69) is 32.3 Å². The molecule has 1 atom stereocenters. The number of hydrogen-bond acceptors (Lipinski definition) is 7. The number of hydrogen-bond donors (Lipinski definition) is 1. The molecule has 1 amide bonds. The highest BCUT2D eigenvalue weighted by atomic mass is 16.5. The predicted molar refractivity (Wildman–Crippen MR) is 121 cm³/mol. The summed E-state index contributed by atoms with van der Waals surface area (Å²) < 4.78 is 17.3. The van der Waals surface area contributed by atoms with Crippen LogP contribution in [0, 0.1) is 11.8 Å². The van der Waals surface area contributed by atoms with Crippen LogP contribution in [0.25, 0.3) is 11.0 Å². The van der Waals surface area contributed by atoms with E-state index in [0.717, 1.165) is 87.4 Å². The highest BCUT2D eigenvalue weighted by Crippen LogP contribution is 2.33. The van der Waals surface area contributed by atoms with Crippen LogP contribution in [0.15, 0.2) is 24.5 Å². The van der Waals surface area contributed by atoms with E-state index >= 15 is 0 Å². The maximum absolute atomic E-state index is 12.2. The van der Waals surface area contributed by atoms with Crippen LogP contribution >= 0.6 is 0 Å². The number of rotatable bonds is 6. The van der Waals surface area contributed by atoms with Gasteiger partial charge in [0.2, 0.25) is 5.91 Å². The quantitative estimate of drug-likeness (QED) is 0.739. The monoisotopic (exact) mass is 440 g/mol. The number of carbonyl (C=O) groups excluding carboxylic acids is 1. The molecule has 2 saturated heterocycles. The number of nitrogens with zero attached hydrogens (tertiary/aromatic N) is 3.